The molecular formula is C18H22N2O. The van der Waals surface area contributed by atoms with Gasteiger partial charge in [-0.15, -0.1) is 0 Å². The Morgan fingerprint density at radius 3 is 2.67 bits per heavy atom. The quantitative estimate of drug-likeness (QED) is 0.834. The Bertz CT molecular complexity index is 572. The lowest BCUT2D eigenvalue weighted by Gasteiger charge is -2.07. The third-order valence-electron chi connectivity index (χ3n) is 4.75. The summed E-state index contributed by atoms with van der Waals surface area (Å²) in [6.45, 7) is 0.913. The molecule has 0 bridgehead atoms. The van der Waals surface area contributed by atoms with E-state index in [1.807, 2.05) is 24.3 Å². The van der Waals surface area contributed by atoms with E-state index < -0.39 is 0 Å². The number of amides is 1. The second-order valence-corrected chi connectivity index (χ2v) is 6.02. The van der Waals surface area contributed by atoms with Crippen LogP contribution in [0.1, 0.15) is 36.8 Å². The fraction of sp³-hybridized carbons (Fsp3) is 0.500. The Labute approximate surface area is 126 Å². The SMILES string of the molecule is NCC#Cc1ccccc1CNC(=O)C1C2CCCCC21. The lowest BCUT2D eigenvalue weighted by Crippen LogP contribution is -2.25. The van der Waals surface area contributed by atoms with Crippen molar-refractivity contribution in [1.29, 1.82) is 0 Å². The van der Waals surface area contributed by atoms with Crippen molar-refractivity contribution in [3.63, 3.8) is 0 Å². The predicted octanol–water partition coefficient (Wildman–Crippen LogP) is 2.05. The van der Waals surface area contributed by atoms with Gasteiger partial charge in [-0.25, -0.2) is 0 Å². The minimum absolute atomic E-state index is 0.230. The molecule has 110 valence electrons. The van der Waals surface area contributed by atoms with Gasteiger partial charge < -0.3 is 11.1 Å². The highest BCUT2D eigenvalue weighted by Gasteiger charge is 2.54. The van der Waals surface area contributed by atoms with Crippen LogP contribution in [0, 0.1) is 29.6 Å². The Hall–Kier alpha value is -1.79. The molecule has 0 heterocycles. The molecule has 3 N–H and O–H groups in total. The summed E-state index contributed by atoms with van der Waals surface area (Å²) < 4.78 is 0. The summed E-state index contributed by atoms with van der Waals surface area (Å²) in [6.07, 6.45) is 5.06. The molecule has 1 aromatic carbocycles. The van der Waals surface area contributed by atoms with Gasteiger partial charge >= 0.3 is 0 Å². The second kappa shape index (κ2) is 6.32. The van der Waals surface area contributed by atoms with Gasteiger partial charge in [-0.05, 0) is 36.3 Å². The number of hydrogen-bond donors (Lipinski definition) is 2. The van der Waals surface area contributed by atoms with Gasteiger partial charge in [-0.1, -0.05) is 42.9 Å². The first-order valence-corrected chi connectivity index (χ1v) is 7.86. The molecule has 21 heavy (non-hydrogen) atoms. The van der Waals surface area contributed by atoms with Gasteiger partial charge in [0.25, 0.3) is 0 Å². The van der Waals surface area contributed by atoms with E-state index in [2.05, 4.69) is 17.2 Å². The van der Waals surface area contributed by atoms with E-state index in [4.69, 9.17) is 5.73 Å². The summed E-state index contributed by atoms with van der Waals surface area (Å²) in [5.41, 5.74) is 7.44. The van der Waals surface area contributed by atoms with Crippen LogP contribution in [0.15, 0.2) is 24.3 Å². The lowest BCUT2D eigenvalue weighted by molar-refractivity contribution is -0.123. The average Bonchev–Trinajstić information content (AvgIpc) is 3.26. The van der Waals surface area contributed by atoms with Crippen LogP contribution in [0.4, 0.5) is 0 Å². The molecule has 2 fully saturated rings. The standard InChI is InChI=1S/C18H22N2O/c19-11-5-8-13-6-1-2-7-14(13)12-20-18(21)17-15-9-3-4-10-16(15)17/h1-2,6-7,15-17H,3-4,9-12,19H2,(H,20,21). The van der Waals surface area contributed by atoms with Gasteiger partial charge in [-0.3, -0.25) is 4.79 Å². The Balaban J connectivity index is 1.59. The zero-order valence-electron chi connectivity index (χ0n) is 12.3. The van der Waals surface area contributed by atoms with Crippen molar-refractivity contribution >= 4 is 5.91 Å². The lowest BCUT2D eigenvalue weighted by atomic mass is 10.0. The highest BCUT2D eigenvalue weighted by molar-refractivity contribution is 5.82. The van der Waals surface area contributed by atoms with Crippen molar-refractivity contribution in [3.05, 3.63) is 35.4 Å². The highest BCUT2D eigenvalue weighted by Crippen LogP contribution is 2.55. The maximum Gasteiger partial charge on any atom is 0.223 e. The molecule has 2 aliphatic carbocycles. The molecule has 2 unspecified atom stereocenters. The molecule has 0 aliphatic heterocycles. The van der Waals surface area contributed by atoms with Gasteiger partial charge in [0.1, 0.15) is 0 Å². The van der Waals surface area contributed by atoms with E-state index in [9.17, 15) is 4.79 Å². The van der Waals surface area contributed by atoms with Crippen LogP contribution in [0.2, 0.25) is 0 Å². The van der Waals surface area contributed by atoms with Crippen molar-refractivity contribution in [2.24, 2.45) is 23.5 Å². The van der Waals surface area contributed by atoms with Gasteiger partial charge in [0, 0.05) is 18.0 Å². The molecule has 0 radical (unpaired) electrons. The van der Waals surface area contributed by atoms with Crippen molar-refractivity contribution in [2.45, 2.75) is 32.2 Å². The van der Waals surface area contributed by atoms with Gasteiger partial charge in [0.05, 0.1) is 6.54 Å². The van der Waals surface area contributed by atoms with E-state index >= 15 is 0 Å². The first-order chi connectivity index (χ1) is 10.3. The van der Waals surface area contributed by atoms with Crippen LogP contribution in [0.5, 0.6) is 0 Å². The van der Waals surface area contributed by atoms with Gasteiger partial charge in [0.2, 0.25) is 5.91 Å². The van der Waals surface area contributed by atoms with Crippen LogP contribution in [0.25, 0.3) is 0 Å². The summed E-state index contributed by atoms with van der Waals surface area (Å²) in [6, 6.07) is 7.93. The maximum atomic E-state index is 12.3. The maximum absolute atomic E-state index is 12.3. The number of hydrogen-bond acceptors (Lipinski definition) is 2. The van der Waals surface area contributed by atoms with E-state index in [1.54, 1.807) is 0 Å². The first-order valence-electron chi connectivity index (χ1n) is 7.86. The molecule has 1 amide bonds. The molecule has 3 rings (SSSR count). The predicted molar refractivity (Wildman–Crippen MR) is 83.2 cm³/mol. The number of nitrogens with two attached hydrogens (primary N) is 1. The summed E-state index contributed by atoms with van der Waals surface area (Å²) in [7, 11) is 0. The van der Waals surface area contributed by atoms with Crippen molar-refractivity contribution < 1.29 is 4.79 Å². The zero-order valence-corrected chi connectivity index (χ0v) is 12.3. The van der Waals surface area contributed by atoms with E-state index in [0.29, 0.717) is 24.9 Å². The molecular weight excluding hydrogens is 260 g/mol. The molecule has 0 aromatic heterocycles. The molecule has 2 atom stereocenters. The van der Waals surface area contributed by atoms with Crippen LogP contribution in [-0.4, -0.2) is 12.5 Å². The fourth-order valence-corrected chi connectivity index (χ4v) is 3.62. The molecule has 3 heteroatoms. The smallest absolute Gasteiger partial charge is 0.223 e. The van der Waals surface area contributed by atoms with Crippen LogP contribution < -0.4 is 11.1 Å². The number of fused-ring (bicyclic) bond motifs is 1. The monoisotopic (exact) mass is 282 g/mol. The van der Waals surface area contributed by atoms with Crippen LogP contribution in [-0.2, 0) is 11.3 Å². The molecule has 2 aliphatic rings. The van der Waals surface area contributed by atoms with Crippen LogP contribution >= 0.6 is 0 Å². The largest absolute Gasteiger partial charge is 0.352 e. The topological polar surface area (TPSA) is 55.1 Å². The second-order valence-electron chi connectivity index (χ2n) is 6.02. The summed E-state index contributed by atoms with van der Waals surface area (Å²) in [5, 5.41) is 3.10. The summed E-state index contributed by atoms with van der Waals surface area (Å²) >= 11 is 0. The minimum atomic E-state index is 0.230. The average molecular weight is 282 g/mol. The normalized spacial score (nSPS) is 26.2. The molecule has 2 saturated carbocycles. The molecule has 0 spiro atoms. The number of carbonyl (C=O) groups is 1. The Morgan fingerprint density at radius 1 is 1.24 bits per heavy atom. The number of carbonyl (C=O) groups excluding carboxylic acids is 1. The zero-order chi connectivity index (χ0) is 14.7. The number of rotatable bonds is 3. The number of nitrogens with one attached hydrogen (secondary N) is 1. The third kappa shape index (κ3) is 3.11. The highest BCUT2D eigenvalue weighted by atomic mass is 16.2. The van der Waals surface area contributed by atoms with Crippen molar-refractivity contribution in [1.82, 2.24) is 5.32 Å². The molecule has 1 aromatic rings. The van der Waals surface area contributed by atoms with Crippen molar-refractivity contribution in [2.75, 3.05) is 6.54 Å². The first kappa shape index (κ1) is 14.2. The molecule has 0 saturated heterocycles. The van der Waals surface area contributed by atoms with E-state index in [-0.39, 0.29) is 11.8 Å². The minimum Gasteiger partial charge on any atom is -0.352 e. The summed E-state index contributed by atoms with van der Waals surface area (Å²) in [4.78, 5) is 12.3. The summed E-state index contributed by atoms with van der Waals surface area (Å²) in [5.74, 6) is 7.76. The molecule has 3 nitrogen and oxygen atoms in total. The Kier molecular flexibility index (Phi) is 4.26. The van der Waals surface area contributed by atoms with E-state index in [1.165, 1.54) is 25.7 Å². The van der Waals surface area contributed by atoms with Gasteiger partial charge in [-0.2, -0.15) is 0 Å². The van der Waals surface area contributed by atoms with Gasteiger partial charge in [0.15, 0.2) is 0 Å². The van der Waals surface area contributed by atoms with Crippen LogP contribution in [0.3, 0.4) is 0 Å². The van der Waals surface area contributed by atoms with Crippen molar-refractivity contribution in [3.8, 4) is 11.8 Å². The number of benzene rings is 1. The third-order valence-corrected chi connectivity index (χ3v) is 4.75. The Morgan fingerprint density at radius 2 is 1.95 bits per heavy atom. The van der Waals surface area contributed by atoms with E-state index in [0.717, 1.165) is 11.1 Å². The fourth-order valence-electron chi connectivity index (χ4n) is 3.62.